The van der Waals surface area contributed by atoms with E-state index < -0.39 is 0 Å². The van der Waals surface area contributed by atoms with Gasteiger partial charge in [0.2, 0.25) is 5.91 Å². The summed E-state index contributed by atoms with van der Waals surface area (Å²) in [5.74, 6) is 1.41. The SMILES string of the molecule is Cc1cccc(CN2CCN(C(=NCC(=O)N(C)C)NCC(C)C)CC2)c1. The Kier molecular flexibility index (Phi) is 8.10. The van der Waals surface area contributed by atoms with Crippen LogP contribution in [-0.2, 0) is 11.3 Å². The van der Waals surface area contributed by atoms with Crippen LogP contribution in [0.15, 0.2) is 29.3 Å². The number of rotatable bonds is 6. The Morgan fingerprint density at radius 3 is 2.52 bits per heavy atom. The van der Waals surface area contributed by atoms with Gasteiger partial charge in [0.15, 0.2) is 5.96 Å². The standard InChI is InChI=1S/C21H35N5O/c1-17(2)14-22-21(23-15-20(27)24(4)5)26-11-9-25(10-12-26)16-19-8-6-7-18(3)13-19/h6-8,13,17H,9-12,14-16H2,1-5H3,(H,22,23). The third-order valence-corrected chi connectivity index (χ3v) is 4.69. The Hall–Kier alpha value is -2.08. The summed E-state index contributed by atoms with van der Waals surface area (Å²) in [5.41, 5.74) is 2.68. The lowest BCUT2D eigenvalue weighted by atomic mass is 10.1. The van der Waals surface area contributed by atoms with Gasteiger partial charge >= 0.3 is 0 Å². The van der Waals surface area contributed by atoms with Gasteiger partial charge in [-0.15, -0.1) is 0 Å². The van der Waals surface area contributed by atoms with Crippen molar-refractivity contribution in [2.75, 3.05) is 53.4 Å². The fraction of sp³-hybridized carbons (Fsp3) is 0.619. The van der Waals surface area contributed by atoms with E-state index in [1.807, 2.05) is 0 Å². The van der Waals surface area contributed by atoms with Crippen LogP contribution >= 0.6 is 0 Å². The molecule has 0 bridgehead atoms. The molecule has 1 saturated heterocycles. The van der Waals surface area contributed by atoms with Crippen molar-refractivity contribution < 1.29 is 4.79 Å². The van der Waals surface area contributed by atoms with Gasteiger partial charge in [0, 0.05) is 53.4 Å². The molecule has 1 aromatic carbocycles. The first-order valence-corrected chi connectivity index (χ1v) is 9.86. The minimum atomic E-state index is 0.0249. The van der Waals surface area contributed by atoms with E-state index in [9.17, 15) is 4.79 Å². The van der Waals surface area contributed by atoms with E-state index in [-0.39, 0.29) is 12.5 Å². The van der Waals surface area contributed by atoms with Gasteiger partial charge in [-0.25, -0.2) is 4.99 Å². The third-order valence-electron chi connectivity index (χ3n) is 4.69. The maximum absolute atomic E-state index is 11.9. The molecule has 0 saturated carbocycles. The molecule has 0 aliphatic carbocycles. The summed E-state index contributed by atoms with van der Waals surface area (Å²) in [6.45, 7) is 12.4. The fourth-order valence-electron chi connectivity index (χ4n) is 3.03. The fourth-order valence-corrected chi connectivity index (χ4v) is 3.03. The molecule has 0 atom stereocenters. The predicted molar refractivity (Wildman–Crippen MR) is 112 cm³/mol. The molecule has 6 nitrogen and oxygen atoms in total. The van der Waals surface area contributed by atoms with E-state index in [4.69, 9.17) is 0 Å². The molecule has 1 fully saturated rings. The van der Waals surface area contributed by atoms with Crippen molar-refractivity contribution in [3.63, 3.8) is 0 Å². The van der Waals surface area contributed by atoms with Crippen LogP contribution in [0.2, 0.25) is 0 Å². The van der Waals surface area contributed by atoms with Crippen LogP contribution < -0.4 is 5.32 Å². The van der Waals surface area contributed by atoms with E-state index in [1.165, 1.54) is 11.1 Å². The van der Waals surface area contributed by atoms with Crippen LogP contribution in [0.4, 0.5) is 0 Å². The van der Waals surface area contributed by atoms with Gasteiger partial charge in [-0.2, -0.15) is 0 Å². The second kappa shape index (κ2) is 10.3. The van der Waals surface area contributed by atoms with E-state index in [0.717, 1.165) is 45.2 Å². The summed E-state index contributed by atoms with van der Waals surface area (Å²) in [6, 6.07) is 8.72. The normalized spacial score (nSPS) is 15.9. The van der Waals surface area contributed by atoms with Crippen LogP contribution in [0.25, 0.3) is 0 Å². The molecule has 0 aromatic heterocycles. The van der Waals surface area contributed by atoms with Crippen LogP contribution in [-0.4, -0.2) is 79.9 Å². The first kappa shape index (κ1) is 21.2. The highest BCUT2D eigenvalue weighted by atomic mass is 16.2. The summed E-state index contributed by atoms with van der Waals surface area (Å²) >= 11 is 0. The van der Waals surface area contributed by atoms with Gasteiger partial charge in [-0.05, 0) is 18.4 Å². The average Bonchev–Trinajstić information content (AvgIpc) is 2.62. The largest absolute Gasteiger partial charge is 0.356 e. The van der Waals surface area contributed by atoms with Crippen molar-refractivity contribution in [3.8, 4) is 0 Å². The number of nitrogens with zero attached hydrogens (tertiary/aromatic N) is 4. The molecule has 2 rings (SSSR count). The van der Waals surface area contributed by atoms with E-state index in [0.29, 0.717) is 5.92 Å². The topological polar surface area (TPSA) is 51.2 Å². The molecule has 1 aromatic rings. The van der Waals surface area contributed by atoms with Crippen molar-refractivity contribution in [2.24, 2.45) is 10.9 Å². The Morgan fingerprint density at radius 2 is 1.93 bits per heavy atom. The van der Waals surface area contributed by atoms with Crippen LogP contribution in [0.5, 0.6) is 0 Å². The smallest absolute Gasteiger partial charge is 0.243 e. The Bertz CT molecular complexity index is 633. The van der Waals surface area contributed by atoms with E-state index in [1.54, 1.807) is 19.0 Å². The number of amides is 1. The van der Waals surface area contributed by atoms with E-state index >= 15 is 0 Å². The summed E-state index contributed by atoms with van der Waals surface area (Å²) in [5, 5.41) is 3.44. The lowest BCUT2D eigenvalue weighted by Crippen LogP contribution is -2.52. The molecule has 6 heteroatoms. The second-order valence-corrected chi connectivity index (χ2v) is 7.95. The molecule has 1 amide bonds. The van der Waals surface area contributed by atoms with Crippen LogP contribution in [0.1, 0.15) is 25.0 Å². The number of nitrogens with one attached hydrogen (secondary N) is 1. The number of piperazine rings is 1. The molecule has 0 radical (unpaired) electrons. The zero-order valence-electron chi connectivity index (χ0n) is 17.5. The molecule has 0 spiro atoms. The molecule has 1 heterocycles. The molecular formula is C21H35N5O. The molecule has 0 unspecified atom stereocenters. The number of aliphatic imine (C=N–C) groups is 1. The van der Waals surface area contributed by atoms with Gasteiger partial charge in [0.1, 0.15) is 6.54 Å². The van der Waals surface area contributed by atoms with Gasteiger partial charge in [-0.1, -0.05) is 43.7 Å². The lowest BCUT2D eigenvalue weighted by molar-refractivity contribution is -0.127. The van der Waals surface area contributed by atoms with Crippen molar-refractivity contribution in [1.29, 1.82) is 0 Å². The van der Waals surface area contributed by atoms with Crippen molar-refractivity contribution in [1.82, 2.24) is 20.0 Å². The van der Waals surface area contributed by atoms with Gasteiger partial charge < -0.3 is 15.1 Å². The first-order valence-electron chi connectivity index (χ1n) is 9.86. The second-order valence-electron chi connectivity index (χ2n) is 7.95. The monoisotopic (exact) mass is 373 g/mol. The first-order chi connectivity index (χ1) is 12.8. The van der Waals surface area contributed by atoms with E-state index in [2.05, 4.69) is 65.1 Å². The van der Waals surface area contributed by atoms with Gasteiger partial charge in [0.05, 0.1) is 0 Å². The summed E-state index contributed by atoms with van der Waals surface area (Å²) in [6.07, 6.45) is 0. The summed E-state index contributed by atoms with van der Waals surface area (Å²) in [7, 11) is 3.53. The molecule has 150 valence electrons. The predicted octanol–water partition coefficient (Wildman–Crippen LogP) is 1.80. The number of carbonyl (C=O) groups is 1. The minimum absolute atomic E-state index is 0.0249. The number of aryl methyl sites for hydroxylation is 1. The third kappa shape index (κ3) is 7.21. The average molecular weight is 374 g/mol. The highest BCUT2D eigenvalue weighted by molar-refractivity contribution is 5.84. The quantitative estimate of drug-likeness (QED) is 0.610. The molecule has 1 aliphatic rings. The van der Waals surface area contributed by atoms with Gasteiger partial charge in [-0.3, -0.25) is 9.69 Å². The number of guanidine groups is 1. The Morgan fingerprint density at radius 1 is 1.22 bits per heavy atom. The van der Waals surface area contributed by atoms with Gasteiger partial charge in [0.25, 0.3) is 0 Å². The highest BCUT2D eigenvalue weighted by Crippen LogP contribution is 2.10. The number of hydrogen-bond acceptors (Lipinski definition) is 3. The molecular weight excluding hydrogens is 338 g/mol. The van der Waals surface area contributed by atoms with Crippen molar-refractivity contribution in [3.05, 3.63) is 35.4 Å². The summed E-state index contributed by atoms with van der Waals surface area (Å²) < 4.78 is 0. The number of likely N-dealkylation sites (N-methyl/N-ethyl adjacent to an activating group) is 1. The Balaban J connectivity index is 1.93. The maximum Gasteiger partial charge on any atom is 0.243 e. The van der Waals surface area contributed by atoms with Crippen molar-refractivity contribution in [2.45, 2.75) is 27.3 Å². The Labute approximate surface area is 164 Å². The number of benzene rings is 1. The van der Waals surface area contributed by atoms with Crippen molar-refractivity contribution >= 4 is 11.9 Å². The van der Waals surface area contributed by atoms with Crippen LogP contribution in [0, 0.1) is 12.8 Å². The summed E-state index contributed by atoms with van der Waals surface area (Å²) in [4.78, 5) is 22.8. The molecule has 27 heavy (non-hydrogen) atoms. The number of hydrogen-bond donors (Lipinski definition) is 1. The number of carbonyl (C=O) groups excluding carboxylic acids is 1. The van der Waals surface area contributed by atoms with Crippen LogP contribution in [0.3, 0.4) is 0 Å². The lowest BCUT2D eigenvalue weighted by Gasteiger charge is -2.37. The molecule has 1 N–H and O–H groups in total. The minimum Gasteiger partial charge on any atom is -0.356 e. The zero-order chi connectivity index (χ0) is 19.8. The maximum atomic E-state index is 11.9. The zero-order valence-corrected chi connectivity index (χ0v) is 17.5. The highest BCUT2D eigenvalue weighted by Gasteiger charge is 2.20. The molecule has 1 aliphatic heterocycles.